The number of likely N-dealkylation sites (tertiary alicyclic amines) is 1. The van der Waals surface area contributed by atoms with Crippen LogP contribution in [-0.4, -0.2) is 40.1 Å². The van der Waals surface area contributed by atoms with Crippen molar-refractivity contribution < 1.29 is 24.3 Å². The van der Waals surface area contributed by atoms with Gasteiger partial charge in [0.05, 0.1) is 11.8 Å². The number of rotatable bonds is 8. The summed E-state index contributed by atoms with van der Waals surface area (Å²) < 4.78 is 0. The summed E-state index contributed by atoms with van der Waals surface area (Å²) in [5.74, 6) is -3.02. The van der Waals surface area contributed by atoms with Crippen molar-refractivity contribution in [2.45, 2.75) is 88.5 Å². The number of amides is 2. The summed E-state index contributed by atoms with van der Waals surface area (Å²) in [4.78, 5) is 51.8. The number of carbonyl (C=O) groups excluding carboxylic acids is 3. The van der Waals surface area contributed by atoms with Crippen LogP contribution in [0.5, 0.6) is 0 Å². The topological polar surface area (TPSA) is 91.8 Å². The van der Waals surface area contributed by atoms with E-state index in [2.05, 4.69) is 0 Å². The van der Waals surface area contributed by atoms with Crippen LogP contribution in [-0.2, 0) is 19.2 Å². The van der Waals surface area contributed by atoms with Gasteiger partial charge in [-0.25, -0.2) is 0 Å². The molecule has 2 amide bonds. The number of carboxylic acid groups (broad SMARTS) is 1. The first-order chi connectivity index (χ1) is 13.8. The van der Waals surface area contributed by atoms with Crippen LogP contribution in [0.1, 0.15) is 88.5 Å². The molecule has 1 fully saturated rings. The lowest BCUT2D eigenvalue weighted by Crippen LogP contribution is -2.45. The zero-order chi connectivity index (χ0) is 24.5. The molecule has 4 atom stereocenters. The lowest BCUT2D eigenvalue weighted by atomic mass is 9.62. The molecular weight excluding hydrogens is 394 g/mol. The molecule has 0 bridgehead atoms. The second kappa shape index (κ2) is 9.41. The maximum atomic E-state index is 13.2. The first kappa shape index (κ1) is 27.3. The van der Waals surface area contributed by atoms with Gasteiger partial charge in [-0.05, 0) is 28.6 Å². The van der Waals surface area contributed by atoms with Crippen molar-refractivity contribution in [3.63, 3.8) is 0 Å². The average molecular weight is 438 g/mol. The fraction of sp³-hybridized carbons (Fsp3) is 0.840. The largest absolute Gasteiger partial charge is 0.481 e. The molecule has 0 spiro atoms. The summed E-state index contributed by atoms with van der Waals surface area (Å²) >= 11 is 0. The zero-order valence-electron chi connectivity index (χ0n) is 21.2. The van der Waals surface area contributed by atoms with Crippen LogP contribution in [0.4, 0.5) is 0 Å². The summed E-state index contributed by atoms with van der Waals surface area (Å²) in [6.07, 6.45) is 0.993. The Morgan fingerprint density at radius 2 is 1.45 bits per heavy atom. The molecule has 0 aromatic carbocycles. The van der Waals surface area contributed by atoms with Gasteiger partial charge in [0.25, 0.3) is 0 Å². The molecule has 6 nitrogen and oxygen atoms in total. The summed E-state index contributed by atoms with van der Waals surface area (Å²) in [5, 5.41) is 9.87. The number of ketones is 1. The number of aliphatic carboxylic acids is 1. The highest BCUT2D eigenvalue weighted by Gasteiger charge is 2.47. The Bertz CT molecular complexity index is 705. The number of nitrogens with zero attached hydrogens (tertiary/aromatic N) is 1. The Labute approximate surface area is 188 Å². The third kappa shape index (κ3) is 6.88. The van der Waals surface area contributed by atoms with E-state index in [4.69, 9.17) is 0 Å². The van der Waals surface area contributed by atoms with Crippen LogP contribution in [0, 0.1) is 39.9 Å². The van der Waals surface area contributed by atoms with Gasteiger partial charge in [0.15, 0.2) is 0 Å². The lowest BCUT2D eigenvalue weighted by Gasteiger charge is -2.40. The minimum atomic E-state index is -0.949. The lowest BCUT2D eigenvalue weighted by molar-refractivity contribution is -0.155. The molecule has 178 valence electrons. The second-order valence-electron chi connectivity index (χ2n) is 12.6. The number of carboxylic acids is 1. The Morgan fingerprint density at radius 1 is 0.968 bits per heavy atom. The van der Waals surface area contributed by atoms with Gasteiger partial charge in [-0.3, -0.25) is 24.1 Å². The predicted octanol–water partition coefficient (Wildman–Crippen LogP) is 4.80. The Morgan fingerprint density at radius 3 is 1.81 bits per heavy atom. The highest BCUT2D eigenvalue weighted by Crippen LogP contribution is 2.43. The molecule has 1 saturated heterocycles. The van der Waals surface area contributed by atoms with Crippen molar-refractivity contribution in [2.24, 2.45) is 39.9 Å². The van der Waals surface area contributed by atoms with Crippen LogP contribution < -0.4 is 0 Å². The Kier molecular flexibility index (Phi) is 8.30. The Balaban J connectivity index is 2.88. The van der Waals surface area contributed by atoms with Gasteiger partial charge in [-0.2, -0.15) is 0 Å². The van der Waals surface area contributed by atoms with E-state index >= 15 is 0 Å². The van der Waals surface area contributed by atoms with Crippen LogP contribution in [0.2, 0.25) is 0 Å². The number of hydrogen-bond acceptors (Lipinski definition) is 4. The first-order valence-electron chi connectivity index (χ1n) is 11.4. The van der Waals surface area contributed by atoms with Crippen LogP contribution in [0.25, 0.3) is 0 Å². The molecule has 31 heavy (non-hydrogen) atoms. The van der Waals surface area contributed by atoms with Gasteiger partial charge >= 0.3 is 5.97 Å². The van der Waals surface area contributed by atoms with E-state index in [-0.39, 0.29) is 47.7 Å². The molecule has 1 N–H and O–H groups in total. The standard InChI is InChI=1S/C25H43NO5/c1-15(14-26-18(28)13-16(21(26)29)23(2,3)4)11-12-17(27)19(24(5,6)7)20(22(30)31)25(8,9)10/h15-16,19-20H,11-14H2,1-10H3,(H,30,31). The molecule has 1 aliphatic rings. The van der Waals surface area contributed by atoms with Crippen molar-refractivity contribution >= 4 is 23.6 Å². The van der Waals surface area contributed by atoms with Gasteiger partial charge in [-0.15, -0.1) is 0 Å². The van der Waals surface area contributed by atoms with Crippen molar-refractivity contribution in [1.82, 2.24) is 4.90 Å². The minimum absolute atomic E-state index is 0.0332. The fourth-order valence-electron chi connectivity index (χ4n) is 4.68. The van der Waals surface area contributed by atoms with E-state index in [0.717, 1.165) is 0 Å². The quantitative estimate of drug-likeness (QED) is 0.551. The second-order valence-corrected chi connectivity index (χ2v) is 12.6. The Hall–Kier alpha value is -1.72. The number of Topliss-reactive ketones (excluding diaryl/α,β-unsaturated/α-hetero) is 1. The molecule has 0 radical (unpaired) electrons. The SMILES string of the molecule is CC(CCC(=O)C(C(C(=O)O)C(C)(C)C)C(C)(C)C)CN1C(=O)CC(C(C)(C)C)C1=O. The minimum Gasteiger partial charge on any atom is -0.481 e. The monoisotopic (exact) mass is 437 g/mol. The van der Waals surface area contributed by atoms with Gasteiger partial charge < -0.3 is 5.11 Å². The van der Waals surface area contributed by atoms with Crippen molar-refractivity contribution in [3.05, 3.63) is 0 Å². The molecule has 0 aromatic heterocycles. The molecule has 1 rings (SSSR count). The van der Waals surface area contributed by atoms with Crippen LogP contribution in [0.15, 0.2) is 0 Å². The normalized spacial score (nSPS) is 21.2. The third-order valence-corrected chi connectivity index (χ3v) is 6.48. The maximum absolute atomic E-state index is 13.2. The number of carbonyl (C=O) groups is 4. The van der Waals surface area contributed by atoms with E-state index in [1.807, 2.05) is 69.2 Å². The molecule has 0 aromatic rings. The van der Waals surface area contributed by atoms with Crippen molar-refractivity contribution in [1.29, 1.82) is 0 Å². The number of imide groups is 1. The molecule has 6 heteroatoms. The fourth-order valence-corrected chi connectivity index (χ4v) is 4.68. The smallest absolute Gasteiger partial charge is 0.307 e. The number of hydrogen-bond donors (Lipinski definition) is 1. The van der Waals surface area contributed by atoms with Crippen molar-refractivity contribution in [3.8, 4) is 0 Å². The van der Waals surface area contributed by atoms with Crippen molar-refractivity contribution in [2.75, 3.05) is 6.54 Å². The van der Waals surface area contributed by atoms with Crippen LogP contribution >= 0.6 is 0 Å². The average Bonchev–Trinajstić information content (AvgIpc) is 2.83. The van der Waals surface area contributed by atoms with Crippen LogP contribution in [0.3, 0.4) is 0 Å². The molecule has 0 aliphatic carbocycles. The highest BCUT2D eigenvalue weighted by molar-refractivity contribution is 6.03. The predicted molar refractivity (Wildman–Crippen MR) is 121 cm³/mol. The van der Waals surface area contributed by atoms with E-state index in [9.17, 15) is 24.3 Å². The highest BCUT2D eigenvalue weighted by atomic mass is 16.4. The van der Waals surface area contributed by atoms with Gasteiger partial charge in [-0.1, -0.05) is 69.2 Å². The van der Waals surface area contributed by atoms with Gasteiger partial charge in [0.2, 0.25) is 11.8 Å². The summed E-state index contributed by atoms with van der Waals surface area (Å²) in [6, 6.07) is 0. The maximum Gasteiger partial charge on any atom is 0.307 e. The molecule has 1 aliphatic heterocycles. The van der Waals surface area contributed by atoms with E-state index in [1.54, 1.807) is 0 Å². The van der Waals surface area contributed by atoms with E-state index < -0.39 is 28.6 Å². The molecular formula is C25H43NO5. The van der Waals surface area contributed by atoms with Gasteiger partial charge in [0, 0.05) is 25.3 Å². The summed E-state index contributed by atoms with van der Waals surface area (Å²) in [6.45, 7) is 19.4. The molecule has 4 unspecified atom stereocenters. The van der Waals surface area contributed by atoms with Gasteiger partial charge in [0.1, 0.15) is 5.78 Å². The first-order valence-corrected chi connectivity index (χ1v) is 11.4. The van der Waals surface area contributed by atoms with E-state index in [0.29, 0.717) is 13.0 Å². The van der Waals surface area contributed by atoms with E-state index in [1.165, 1.54) is 4.90 Å². The zero-order valence-corrected chi connectivity index (χ0v) is 21.2. The summed E-state index contributed by atoms with van der Waals surface area (Å²) in [5.41, 5.74) is -1.31. The molecule has 0 saturated carbocycles. The third-order valence-electron chi connectivity index (χ3n) is 6.48. The molecule has 1 heterocycles. The summed E-state index contributed by atoms with van der Waals surface area (Å²) in [7, 11) is 0.